The van der Waals surface area contributed by atoms with Crippen molar-refractivity contribution in [3.05, 3.63) is 35.7 Å². The van der Waals surface area contributed by atoms with Crippen LogP contribution in [0.1, 0.15) is 22.7 Å². The molecule has 0 N–H and O–H groups in total. The van der Waals surface area contributed by atoms with Crippen LogP contribution >= 0.6 is 0 Å². The SMILES string of the molecule is Cc1cc(C(=O)N2CCC(Oc3ncc(F)cn3)C2)no1. The van der Waals surface area contributed by atoms with Crippen LogP contribution < -0.4 is 4.74 Å². The summed E-state index contributed by atoms with van der Waals surface area (Å²) in [6.45, 7) is 2.69. The van der Waals surface area contributed by atoms with E-state index < -0.39 is 5.82 Å². The van der Waals surface area contributed by atoms with Crippen LogP contribution in [-0.4, -0.2) is 45.1 Å². The Morgan fingerprint density at radius 1 is 1.48 bits per heavy atom. The molecule has 110 valence electrons. The number of ether oxygens (including phenoxy) is 1. The fourth-order valence-corrected chi connectivity index (χ4v) is 2.15. The van der Waals surface area contributed by atoms with E-state index in [1.54, 1.807) is 17.9 Å². The normalized spacial score (nSPS) is 18.0. The molecule has 0 saturated carbocycles. The van der Waals surface area contributed by atoms with Gasteiger partial charge >= 0.3 is 6.01 Å². The Kier molecular flexibility index (Phi) is 3.51. The highest BCUT2D eigenvalue weighted by Crippen LogP contribution is 2.17. The molecule has 0 aliphatic carbocycles. The largest absolute Gasteiger partial charge is 0.458 e. The van der Waals surface area contributed by atoms with Crippen molar-refractivity contribution in [2.24, 2.45) is 0 Å². The van der Waals surface area contributed by atoms with Gasteiger partial charge in [-0.3, -0.25) is 4.79 Å². The molecule has 1 atom stereocenters. The third kappa shape index (κ3) is 2.99. The van der Waals surface area contributed by atoms with Gasteiger partial charge in [0.15, 0.2) is 11.5 Å². The lowest BCUT2D eigenvalue weighted by atomic mass is 10.3. The van der Waals surface area contributed by atoms with Crippen molar-refractivity contribution < 1.29 is 18.4 Å². The fraction of sp³-hybridized carbons (Fsp3) is 0.385. The van der Waals surface area contributed by atoms with Crippen LogP contribution in [0.15, 0.2) is 23.0 Å². The Morgan fingerprint density at radius 2 is 2.24 bits per heavy atom. The standard InChI is InChI=1S/C13H13FN4O3/c1-8-4-11(17-21-8)12(19)18-3-2-10(7-18)20-13-15-5-9(14)6-16-13/h4-6,10H,2-3,7H2,1H3. The maximum atomic E-state index is 12.7. The van der Waals surface area contributed by atoms with E-state index >= 15 is 0 Å². The smallest absolute Gasteiger partial charge is 0.316 e. The van der Waals surface area contributed by atoms with E-state index in [0.717, 1.165) is 12.4 Å². The molecule has 1 saturated heterocycles. The molecule has 1 fully saturated rings. The summed E-state index contributed by atoms with van der Waals surface area (Å²) < 4.78 is 23.1. The monoisotopic (exact) mass is 292 g/mol. The molecule has 1 amide bonds. The van der Waals surface area contributed by atoms with Crippen molar-refractivity contribution in [2.75, 3.05) is 13.1 Å². The highest BCUT2D eigenvalue weighted by atomic mass is 19.1. The number of amides is 1. The predicted molar refractivity (Wildman–Crippen MR) is 68.2 cm³/mol. The quantitative estimate of drug-likeness (QED) is 0.845. The number of halogens is 1. The number of rotatable bonds is 3. The van der Waals surface area contributed by atoms with Crippen molar-refractivity contribution in [1.82, 2.24) is 20.0 Å². The molecule has 0 aromatic carbocycles. The molecule has 1 aliphatic heterocycles. The Labute approximate surface area is 119 Å². The molecule has 0 radical (unpaired) electrons. The van der Waals surface area contributed by atoms with Crippen LogP contribution in [0.5, 0.6) is 6.01 Å². The number of likely N-dealkylation sites (tertiary alicyclic amines) is 1. The fourth-order valence-electron chi connectivity index (χ4n) is 2.15. The molecular weight excluding hydrogens is 279 g/mol. The first kappa shape index (κ1) is 13.5. The second-order valence-corrected chi connectivity index (χ2v) is 4.79. The minimum Gasteiger partial charge on any atom is -0.458 e. The minimum absolute atomic E-state index is 0.105. The molecule has 1 aliphatic rings. The Hall–Kier alpha value is -2.51. The zero-order valence-electron chi connectivity index (χ0n) is 11.3. The molecule has 21 heavy (non-hydrogen) atoms. The van der Waals surface area contributed by atoms with Gasteiger partial charge in [-0.1, -0.05) is 5.16 Å². The zero-order chi connectivity index (χ0) is 14.8. The first-order chi connectivity index (χ1) is 10.1. The van der Waals surface area contributed by atoms with Crippen LogP contribution in [0.25, 0.3) is 0 Å². The number of hydrogen-bond donors (Lipinski definition) is 0. The van der Waals surface area contributed by atoms with Gasteiger partial charge in [-0.15, -0.1) is 0 Å². The van der Waals surface area contributed by atoms with Crippen LogP contribution in [0.3, 0.4) is 0 Å². The van der Waals surface area contributed by atoms with E-state index in [2.05, 4.69) is 15.1 Å². The summed E-state index contributed by atoms with van der Waals surface area (Å²) in [7, 11) is 0. The highest BCUT2D eigenvalue weighted by molar-refractivity contribution is 5.92. The van der Waals surface area contributed by atoms with E-state index in [4.69, 9.17) is 9.26 Å². The van der Waals surface area contributed by atoms with Gasteiger partial charge in [0, 0.05) is 19.0 Å². The summed E-state index contributed by atoms with van der Waals surface area (Å²) in [5, 5.41) is 3.71. The molecule has 2 aromatic rings. The molecule has 0 spiro atoms. The minimum atomic E-state index is -0.521. The lowest BCUT2D eigenvalue weighted by molar-refractivity contribution is 0.0759. The third-order valence-electron chi connectivity index (χ3n) is 3.15. The van der Waals surface area contributed by atoms with Gasteiger partial charge in [-0.05, 0) is 6.92 Å². The van der Waals surface area contributed by atoms with Crippen molar-refractivity contribution in [2.45, 2.75) is 19.4 Å². The summed E-state index contributed by atoms with van der Waals surface area (Å²) in [5.74, 6) is -0.130. The van der Waals surface area contributed by atoms with Crippen molar-refractivity contribution >= 4 is 5.91 Å². The number of carbonyl (C=O) groups excluding carboxylic acids is 1. The molecule has 2 aromatic heterocycles. The summed E-state index contributed by atoms with van der Waals surface area (Å²) in [4.78, 5) is 21.3. The second kappa shape index (κ2) is 5.47. The first-order valence-electron chi connectivity index (χ1n) is 6.48. The predicted octanol–water partition coefficient (Wildman–Crippen LogP) is 1.21. The number of aryl methyl sites for hydroxylation is 1. The molecule has 1 unspecified atom stereocenters. The zero-order valence-corrected chi connectivity index (χ0v) is 11.3. The molecule has 3 rings (SSSR count). The van der Waals surface area contributed by atoms with Gasteiger partial charge in [0.1, 0.15) is 11.9 Å². The van der Waals surface area contributed by atoms with Crippen LogP contribution in [-0.2, 0) is 0 Å². The molecule has 8 heteroatoms. The highest BCUT2D eigenvalue weighted by Gasteiger charge is 2.30. The van der Waals surface area contributed by atoms with E-state index in [1.165, 1.54) is 0 Å². The van der Waals surface area contributed by atoms with Crippen LogP contribution in [0, 0.1) is 12.7 Å². The van der Waals surface area contributed by atoms with Gasteiger partial charge in [0.05, 0.1) is 18.9 Å². The van der Waals surface area contributed by atoms with Gasteiger partial charge < -0.3 is 14.2 Å². The van der Waals surface area contributed by atoms with E-state index in [-0.39, 0.29) is 23.7 Å². The number of carbonyl (C=O) groups is 1. The summed E-state index contributed by atoms with van der Waals surface area (Å²) in [5.41, 5.74) is 0.284. The van der Waals surface area contributed by atoms with Gasteiger partial charge in [-0.25, -0.2) is 14.4 Å². The van der Waals surface area contributed by atoms with E-state index in [1.807, 2.05) is 0 Å². The molecule has 3 heterocycles. The van der Waals surface area contributed by atoms with Gasteiger partial charge in [0.25, 0.3) is 5.91 Å². The maximum absolute atomic E-state index is 12.7. The average molecular weight is 292 g/mol. The summed E-state index contributed by atoms with van der Waals surface area (Å²) in [6, 6.07) is 1.70. The number of hydrogen-bond acceptors (Lipinski definition) is 6. The summed E-state index contributed by atoms with van der Waals surface area (Å²) >= 11 is 0. The Bertz CT molecular complexity index is 643. The van der Waals surface area contributed by atoms with Crippen molar-refractivity contribution in [3.8, 4) is 6.01 Å². The lowest BCUT2D eigenvalue weighted by Crippen LogP contribution is -2.31. The van der Waals surface area contributed by atoms with Gasteiger partial charge in [0.2, 0.25) is 0 Å². The van der Waals surface area contributed by atoms with Crippen molar-refractivity contribution in [1.29, 1.82) is 0 Å². The average Bonchev–Trinajstić information content (AvgIpc) is 3.10. The molecule has 7 nitrogen and oxygen atoms in total. The first-order valence-corrected chi connectivity index (χ1v) is 6.48. The molecular formula is C13H13FN4O3. The van der Waals surface area contributed by atoms with Crippen LogP contribution in [0.2, 0.25) is 0 Å². The Morgan fingerprint density at radius 3 is 2.90 bits per heavy atom. The Balaban J connectivity index is 1.60. The number of aromatic nitrogens is 3. The van der Waals surface area contributed by atoms with E-state index in [0.29, 0.717) is 25.3 Å². The lowest BCUT2D eigenvalue weighted by Gasteiger charge is -2.15. The van der Waals surface area contributed by atoms with Crippen molar-refractivity contribution in [3.63, 3.8) is 0 Å². The van der Waals surface area contributed by atoms with Gasteiger partial charge in [-0.2, -0.15) is 0 Å². The topological polar surface area (TPSA) is 81.4 Å². The number of nitrogens with zero attached hydrogens (tertiary/aromatic N) is 4. The molecule has 0 bridgehead atoms. The summed E-state index contributed by atoms with van der Waals surface area (Å²) in [6.07, 6.45) is 2.52. The third-order valence-corrected chi connectivity index (χ3v) is 3.15. The van der Waals surface area contributed by atoms with Crippen LogP contribution in [0.4, 0.5) is 4.39 Å². The van der Waals surface area contributed by atoms with E-state index in [9.17, 15) is 9.18 Å². The maximum Gasteiger partial charge on any atom is 0.316 e. The second-order valence-electron chi connectivity index (χ2n) is 4.79.